The molecule has 0 fully saturated rings. The van der Waals surface area contributed by atoms with Crippen LogP contribution >= 0.6 is 0 Å². The molecule has 3 aromatic rings. The predicted molar refractivity (Wildman–Crippen MR) is 72.5 cm³/mol. The van der Waals surface area contributed by atoms with Crippen molar-refractivity contribution in [3.63, 3.8) is 0 Å². The fraction of sp³-hybridized carbons (Fsp3) is 0.143. The van der Waals surface area contributed by atoms with Gasteiger partial charge < -0.3 is 10.3 Å². The third-order valence-corrected chi connectivity index (χ3v) is 2.82. The first-order valence-electron chi connectivity index (χ1n) is 6.00. The summed E-state index contributed by atoms with van der Waals surface area (Å²) in [5, 5.41) is 4.43. The van der Waals surface area contributed by atoms with Crippen LogP contribution in [0.4, 0.5) is 5.82 Å². The van der Waals surface area contributed by atoms with E-state index < -0.39 is 0 Å². The first kappa shape index (κ1) is 10.8. The molecular weight excluding hydrogens is 224 g/mol. The molecule has 3 rings (SSSR count). The van der Waals surface area contributed by atoms with Crippen molar-refractivity contribution in [2.45, 2.75) is 6.42 Å². The average molecular weight is 238 g/mol. The zero-order valence-electron chi connectivity index (χ0n) is 9.93. The number of anilines is 1. The van der Waals surface area contributed by atoms with Gasteiger partial charge in [0, 0.05) is 36.4 Å². The second-order valence-electron chi connectivity index (χ2n) is 4.11. The van der Waals surface area contributed by atoms with Crippen LogP contribution in [0.3, 0.4) is 0 Å². The molecule has 4 nitrogen and oxygen atoms in total. The second kappa shape index (κ2) is 4.87. The fourth-order valence-electron chi connectivity index (χ4n) is 1.89. The molecule has 2 N–H and O–H groups in total. The summed E-state index contributed by atoms with van der Waals surface area (Å²) in [6, 6.07) is 12.0. The Hall–Kier alpha value is -2.36. The van der Waals surface area contributed by atoms with Crippen LogP contribution in [-0.2, 0) is 6.42 Å². The minimum absolute atomic E-state index is 0.830. The molecule has 90 valence electrons. The Morgan fingerprint density at radius 1 is 1.11 bits per heavy atom. The first-order chi connectivity index (χ1) is 8.92. The Kier molecular flexibility index (Phi) is 2.92. The normalized spacial score (nSPS) is 10.7. The van der Waals surface area contributed by atoms with E-state index in [1.165, 1.54) is 0 Å². The second-order valence-corrected chi connectivity index (χ2v) is 4.11. The number of rotatable bonds is 4. The van der Waals surface area contributed by atoms with E-state index >= 15 is 0 Å². The lowest BCUT2D eigenvalue weighted by molar-refractivity contribution is 0.955. The molecule has 0 aromatic carbocycles. The zero-order chi connectivity index (χ0) is 12.2. The van der Waals surface area contributed by atoms with Gasteiger partial charge in [-0.25, -0.2) is 4.98 Å². The van der Waals surface area contributed by atoms with E-state index in [1.807, 2.05) is 42.7 Å². The van der Waals surface area contributed by atoms with Gasteiger partial charge in [-0.3, -0.25) is 4.98 Å². The van der Waals surface area contributed by atoms with Gasteiger partial charge in [0.25, 0.3) is 0 Å². The standard InChI is InChI=1S/C14H14N4/c1-2-8-15-12(3-1)7-10-16-13-5-4-11-6-9-17-14(11)18-13/h1-6,8-9H,7,10H2,(H2,16,17,18). The molecule has 3 heterocycles. The van der Waals surface area contributed by atoms with E-state index in [4.69, 9.17) is 0 Å². The summed E-state index contributed by atoms with van der Waals surface area (Å²) < 4.78 is 0. The summed E-state index contributed by atoms with van der Waals surface area (Å²) in [6.07, 6.45) is 4.61. The summed E-state index contributed by atoms with van der Waals surface area (Å²) in [5.74, 6) is 0.890. The SMILES string of the molecule is c1ccc(CCNc2ccc3cc[nH]c3n2)nc1. The van der Waals surface area contributed by atoms with E-state index in [0.29, 0.717) is 0 Å². The van der Waals surface area contributed by atoms with Crippen LogP contribution in [0, 0.1) is 0 Å². The predicted octanol–water partition coefficient (Wildman–Crippen LogP) is 2.61. The van der Waals surface area contributed by atoms with E-state index in [0.717, 1.165) is 35.5 Å². The molecule has 0 spiro atoms. The van der Waals surface area contributed by atoms with Gasteiger partial charge in [0.15, 0.2) is 0 Å². The van der Waals surface area contributed by atoms with Crippen molar-refractivity contribution in [3.05, 3.63) is 54.5 Å². The van der Waals surface area contributed by atoms with E-state index in [-0.39, 0.29) is 0 Å². The van der Waals surface area contributed by atoms with Crippen LogP contribution in [0.15, 0.2) is 48.8 Å². The lowest BCUT2D eigenvalue weighted by Crippen LogP contribution is -2.07. The van der Waals surface area contributed by atoms with E-state index in [2.05, 4.69) is 26.3 Å². The Morgan fingerprint density at radius 3 is 3.00 bits per heavy atom. The summed E-state index contributed by atoms with van der Waals surface area (Å²) >= 11 is 0. The maximum atomic E-state index is 4.48. The zero-order valence-corrected chi connectivity index (χ0v) is 9.93. The number of hydrogen-bond acceptors (Lipinski definition) is 3. The van der Waals surface area contributed by atoms with Crippen molar-refractivity contribution >= 4 is 16.9 Å². The molecule has 3 aromatic heterocycles. The van der Waals surface area contributed by atoms with Crippen molar-refractivity contribution in [2.24, 2.45) is 0 Å². The van der Waals surface area contributed by atoms with Gasteiger partial charge in [-0.1, -0.05) is 6.07 Å². The molecule has 18 heavy (non-hydrogen) atoms. The molecule has 0 atom stereocenters. The lowest BCUT2D eigenvalue weighted by Gasteiger charge is -2.05. The molecule has 0 aliphatic heterocycles. The van der Waals surface area contributed by atoms with Gasteiger partial charge in [0.05, 0.1) is 0 Å². The van der Waals surface area contributed by atoms with Crippen LogP contribution in [0.5, 0.6) is 0 Å². The van der Waals surface area contributed by atoms with Crippen molar-refractivity contribution in [1.29, 1.82) is 0 Å². The van der Waals surface area contributed by atoms with Gasteiger partial charge in [-0.15, -0.1) is 0 Å². The number of nitrogens with one attached hydrogen (secondary N) is 2. The monoisotopic (exact) mass is 238 g/mol. The quantitative estimate of drug-likeness (QED) is 0.734. The summed E-state index contributed by atoms with van der Waals surface area (Å²) in [7, 11) is 0. The van der Waals surface area contributed by atoms with Crippen LogP contribution < -0.4 is 5.32 Å². The molecule has 0 amide bonds. The average Bonchev–Trinajstić information content (AvgIpc) is 2.87. The first-order valence-corrected chi connectivity index (χ1v) is 6.00. The molecule has 0 saturated heterocycles. The van der Waals surface area contributed by atoms with Crippen LogP contribution in [0.1, 0.15) is 5.69 Å². The molecule has 0 bridgehead atoms. The minimum atomic E-state index is 0.830. The van der Waals surface area contributed by atoms with Gasteiger partial charge in [-0.05, 0) is 30.3 Å². The van der Waals surface area contributed by atoms with Crippen LogP contribution in [0.25, 0.3) is 11.0 Å². The summed E-state index contributed by atoms with van der Waals surface area (Å²) in [5.41, 5.74) is 2.00. The molecule has 4 heteroatoms. The molecule has 0 unspecified atom stereocenters. The summed E-state index contributed by atoms with van der Waals surface area (Å²) in [4.78, 5) is 11.9. The maximum absolute atomic E-state index is 4.48. The maximum Gasteiger partial charge on any atom is 0.139 e. The van der Waals surface area contributed by atoms with Gasteiger partial charge in [0.2, 0.25) is 0 Å². The van der Waals surface area contributed by atoms with Crippen molar-refractivity contribution in [2.75, 3.05) is 11.9 Å². The number of hydrogen-bond donors (Lipinski definition) is 2. The van der Waals surface area contributed by atoms with E-state index in [1.54, 1.807) is 0 Å². The van der Waals surface area contributed by atoms with E-state index in [9.17, 15) is 0 Å². The Balaban J connectivity index is 1.62. The molecular formula is C14H14N4. The molecule has 0 aliphatic rings. The van der Waals surface area contributed by atoms with Crippen LogP contribution in [-0.4, -0.2) is 21.5 Å². The topological polar surface area (TPSA) is 53.6 Å². The fourth-order valence-corrected chi connectivity index (χ4v) is 1.89. The van der Waals surface area contributed by atoms with Crippen molar-refractivity contribution < 1.29 is 0 Å². The number of pyridine rings is 2. The lowest BCUT2D eigenvalue weighted by atomic mass is 10.2. The number of nitrogens with zero attached hydrogens (tertiary/aromatic N) is 2. The molecule has 0 saturated carbocycles. The Morgan fingerprint density at radius 2 is 2.11 bits per heavy atom. The molecule has 0 aliphatic carbocycles. The highest BCUT2D eigenvalue weighted by molar-refractivity contribution is 5.77. The highest BCUT2D eigenvalue weighted by Crippen LogP contribution is 2.12. The van der Waals surface area contributed by atoms with Gasteiger partial charge in [-0.2, -0.15) is 0 Å². The highest BCUT2D eigenvalue weighted by Gasteiger charge is 1.98. The smallest absolute Gasteiger partial charge is 0.139 e. The Labute approximate surface area is 105 Å². The van der Waals surface area contributed by atoms with Crippen molar-refractivity contribution in [1.82, 2.24) is 15.0 Å². The van der Waals surface area contributed by atoms with Gasteiger partial charge >= 0.3 is 0 Å². The van der Waals surface area contributed by atoms with Crippen molar-refractivity contribution in [3.8, 4) is 0 Å². The Bertz CT molecular complexity index is 630. The number of aromatic amines is 1. The third kappa shape index (κ3) is 2.32. The number of H-pyrrole nitrogens is 1. The number of aromatic nitrogens is 3. The highest BCUT2D eigenvalue weighted by atomic mass is 15.0. The third-order valence-electron chi connectivity index (χ3n) is 2.82. The minimum Gasteiger partial charge on any atom is -0.370 e. The largest absolute Gasteiger partial charge is 0.370 e. The van der Waals surface area contributed by atoms with Gasteiger partial charge in [0.1, 0.15) is 11.5 Å². The summed E-state index contributed by atoms with van der Waals surface area (Å²) in [6.45, 7) is 0.830. The number of fused-ring (bicyclic) bond motifs is 1. The van der Waals surface area contributed by atoms with Crippen LogP contribution in [0.2, 0.25) is 0 Å². The molecule has 0 radical (unpaired) electrons.